The van der Waals surface area contributed by atoms with E-state index in [0.717, 1.165) is 18.4 Å². The van der Waals surface area contributed by atoms with Gasteiger partial charge in [-0.2, -0.15) is 0 Å². The summed E-state index contributed by atoms with van der Waals surface area (Å²) < 4.78 is 13.5. The number of aliphatic hydroxyl groups excluding tert-OH is 1. The van der Waals surface area contributed by atoms with Crippen molar-refractivity contribution in [2.75, 3.05) is 13.2 Å². The average molecular weight is 308 g/mol. The Morgan fingerprint density at radius 1 is 1.55 bits per heavy atom. The number of carbonyl (C=O) groups is 1. The zero-order valence-electron chi connectivity index (χ0n) is 13.3. The van der Waals surface area contributed by atoms with Gasteiger partial charge in [0.1, 0.15) is 5.82 Å². The summed E-state index contributed by atoms with van der Waals surface area (Å²) in [4.78, 5) is 14.3. The maximum absolute atomic E-state index is 13.5. The van der Waals surface area contributed by atoms with E-state index < -0.39 is 0 Å². The van der Waals surface area contributed by atoms with Gasteiger partial charge in [-0.1, -0.05) is 19.1 Å². The van der Waals surface area contributed by atoms with E-state index in [1.54, 1.807) is 11.0 Å². The van der Waals surface area contributed by atoms with Crippen LogP contribution in [-0.4, -0.2) is 35.2 Å². The molecule has 1 saturated heterocycles. The molecule has 1 fully saturated rings. The molecule has 0 bridgehead atoms. The third-order valence-corrected chi connectivity index (χ3v) is 4.17. The lowest BCUT2D eigenvalue weighted by atomic mass is 10.0. The van der Waals surface area contributed by atoms with E-state index in [9.17, 15) is 9.18 Å². The summed E-state index contributed by atoms with van der Waals surface area (Å²) in [6.07, 6.45) is 2.27. The number of nitrogens with one attached hydrogen (secondary N) is 1. The van der Waals surface area contributed by atoms with Gasteiger partial charge in [0.25, 0.3) is 0 Å². The van der Waals surface area contributed by atoms with Gasteiger partial charge in [-0.05, 0) is 49.8 Å². The number of halogens is 1. The average Bonchev–Trinajstić information content (AvgIpc) is 2.87. The highest BCUT2D eigenvalue weighted by Crippen LogP contribution is 2.35. The van der Waals surface area contributed by atoms with Crippen LogP contribution >= 0.6 is 0 Å². The number of rotatable bonds is 5. The molecule has 2 rings (SSSR count). The Balaban J connectivity index is 2.05. The van der Waals surface area contributed by atoms with Crippen molar-refractivity contribution in [1.82, 2.24) is 10.2 Å². The summed E-state index contributed by atoms with van der Waals surface area (Å²) >= 11 is 0. The number of carbonyl (C=O) groups excluding carboxylic acids is 1. The molecule has 2 amide bonds. The highest BCUT2D eigenvalue weighted by molar-refractivity contribution is 5.75. The van der Waals surface area contributed by atoms with Crippen LogP contribution in [0.5, 0.6) is 0 Å². The zero-order chi connectivity index (χ0) is 16.1. The molecule has 3 unspecified atom stereocenters. The van der Waals surface area contributed by atoms with E-state index in [1.165, 1.54) is 12.1 Å². The van der Waals surface area contributed by atoms with Crippen LogP contribution < -0.4 is 5.32 Å². The Morgan fingerprint density at radius 3 is 3.00 bits per heavy atom. The van der Waals surface area contributed by atoms with Crippen LogP contribution in [0.25, 0.3) is 0 Å². The predicted octanol–water partition coefficient (Wildman–Crippen LogP) is 3.08. The predicted molar refractivity (Wildman–Crippen MR) is 83.9 cm³/mol. The topological polar surface area (TPSA) is 52.6 Å². The molecule has 1 aliphatic rings. The molecule has 1 aromatic rings. The summed E-state index contributed by atoms with van der Waals surface area (Å²) in [5, 5.41) is 11.8. The van der Waals surface area contributed by atoms with E-state index in [4.69, 9.17) is 5.11 Å². The van der Waals surface area contributed by atoms with Crippen LogP contribution in [0.2, 0.25) is 0 Å². The molecular weight excluding hydrogens is 283 g/mol. The largest absolute Gasteiger partial charge is 0.396 e. The van der Waals surface area contributed by atoms with Crippen molar-refractivity contribution in [2.45, 2.75) is 45.2 Å². The lowest BCUT2D eigenvalue weighted by Crippen LogP contribution is -2.43. The first-order chi connectivity index (χ1) is 10.5. The number of hydrogen-bond acceptors (Lipinski definition) is 2. The van der Waals surface area contributed by atoms with Gasteiger partial charge < -0.3 is 15.3 Å². The van der Waals surface area contributed by atoms with Gasteiger partial charge in [0, 0.05) is 19.2 Å². The van der Waals surface area contributed by atoms with E-state index >= 15 is 0 Å². The van der Waals surface area contributed by atoms with E-state index in [2.05, 4.69) is 12.2 Å². The van der Waals surface area contributed by atoms with Crippen molar-refractivity contribution in [3.63, 3.8) is 0 Å². The van der Waals surface area contributed by atoms with Crippen LogP contribution in [0, 0.1) is 11.7 Å². The summed E-state index contributed by atoms with van der Waals surface area (Å²) in [6, 6.07) is 6.33. The van der Waals surface area contributed by atoms with Crippen molar-refractivity contribution >= 4 is 6.03 Å². The van der Waals surface area contributed by atoms with Gasteiger partial charge in [0.05, 0.1) is 6.04 Å². The minimum atomic E-state index is -0.270. The van der Waals surface area contributed by atoms with Crippen molar-refractivity contribution in [3.8, 4) is 0 Å². The Hall–Kier alpha value is -1.62. The number of hydrogen-bond donors (Lipinski definition) is 2. The number of aliphatic hydroxyl groups is 1. The molecule has 5 heteroatoms. The lowest BCUT2D eigenvalue weighted by Gasteiger charge is -2.27. The van der Waals surface area contributed by atoms with Crippen LogP contribution in [0.1, 0.15) is 44.7 Å². The number of benzene rings is 1. The summed E-state index contributed by atoms with van der Waals surface area (Å²) in [5.41, 5.74) is 0.850. The molecule has 4 nitrogen and oxygen atoms in total. The maximum atomic E-state index is 13.5. The number of urea groups is 1. The molecule has 0 saturated carbocycles. The number of nitrogens with zero attached hydrogens (tertiary/aromatic N) is 1. The van der Waals surface area contributed by atoms with E-state index in [1.807, 2.05) is 13.0 Å². The first-order valence-corrected chi connectivity index (χ1v) is 7.94. The number of likely N-dealkylation sites (tertiary alicyclic amines) is 1. The second-order valence-corrected chi connectivity index (χ2v) is 6.28. The van der Waals surface area contributed by atoms with Crippen LogP contribution in [0.3, 0.4) is 0 Å². The minimum absolute atomic E-state index is 0.0173. The summed E-state index contributed by atoms with van der Waals surface area (Å²) in [6.45, 7) is 4.85. The molecule has 2 N–H and O–H groups in total. The summed E-state index contributed by atoms with van der Waals surface area (Å²) in [7, 11) is 0. The summed E-state index contributed by atoms with van der Waals surface area (Å²) in [5.74, 6) is 0.125. The second-order valence-electron chi connectivity index (χ2n) is 6.28. The van der Waals surface area contributed by atoms with Crippen molar-refractivity contribution in [2.24, 2.45) is 5.92 Å². The Bertz CT molecular complexity index is 509. The lowest BCUT2D eigenvalue weighted by molar-refractivity contribution is 0.187. The van der Waals surface area contributed by atoms with Crippen LogP contribution in [0.15, 0.2) is 24.3 Å². The Morgan fingerprint density at radius 2 is 2.32 bits per heavy atom. The second kappa shape index (κ2) is 7.58. The zero-order valence-corrected chi connectivity index (χ0v) is 13.3. The van der Waals surface area contributed by atoms with Gasteiger partial charge in [0.2, 0.25) is 0 Å². The fourth-order valence-electron chi connectivity index (χ4n) is 3.06. The fourth-order valence-corrected chi connectivity index (χ4v) is 3.06. The van der Waals surface area contributed by atoms with Crippen molar-refractivity contribution < 1.29 is 14.3 Å². The third kappa shape index (κ3) is 4.19. The molecule has 0 aromatic heterocycles. The molecule has 1 aromatic carbocycles. The standard InChI is InChI=1S/C17H25FN2O2/c1-12-9-16(14-6-3-7-15(18)10-14)20(11-12)17(22)19-13(2)5-4-8-21/h3,6-7,10,12-13,16,21H,4-5,8-9,11H2,1-2H3,(H,19,22). The molecule has 3 atom stereocenters. The van der Waals surface area contributed by atoms with Gasteiger partial charge in [0.15, 0.2) is 0 Å². The highest BCUT2D eigenvalue weighted by Gasteiger charge is 2.34. The highest BCUT2D eigenvalue weighted by atomic mass is 19.1. The van der Waals surface area contributed by atoms with E-state index in [-0.39, 0.29) is 30.5 Å². The molecule has 1 heterocycles. The monoisotopic (exact) mass is 308 g/mol. The van der Waals surface area contributed by atoms with Gasteiger partial charge >= 0.3 is 6.03 Å². The van der Waals surface area contributed by atoms with Crippen LogP contribution in [-0.2, 0) is 0 Å². The van der Waals surface area contributed by atoms with Gasteiger partial charge in [-0.15, -0.1) is 0 Å². The molecule has 0 spiro atoms. The van der Waals surface area contributed by atoms with E-state index in [0.29, 0.717) is 18.9 Å². The van der Waals surface area contributed by atoms with Crippen molar-refractivity contribution in [1.29, 1.82) is 0 Å². The Labute approximate surface area is 131 Å². The minimum Gasteiger partial charge on any atom is -0.396 e. The third-order valence-electron chi connectivity index (χ3n) is 4.17. The first-order valence-electron chi connectivity index (χ1n) is 7.94. The molecule has 122 valence electrons. The van der Waals surface area contributed by atoms with Gasteiger partial charge in [-0.25, -0.2) is 9.18 Å². The maximum Gasteiger partial charge on any atom is 0.318 e. The Kier molecular flexibility index (Phi) is 5.77. The van der Waals surface area contributed by atoms with Crippen molar-refractivity contribution in [3.05, 3.63) is 35.6 Å². The van der Waals surface area contributed by atoms with Crippen LogP contribution in [0.4, 0.5) is 9.18 Å². The molecule has 0 radical (unpaired) electrons. The molecule has 0 aliphatic carbocycles. The molecule has 22 heavy (non-hydrogen) atoms. The number of amides is 2. The molecule has 1 aliphatic heterocycles. The fraction of sp³-hybridized carbons (Fsp3) is 0.588. The first kappa shape index (κ1) is 16.7. The molecular formula is C17H25FN2O2. The smallest absolute Gasteiger partial charge is 0.318 e. The normalized spacial score (nSPS) is 22.6. The quantitative estimate of drug-likeness (QED) is 0.878. The van der Waals surface area contributed by atoms with Gasteiger partial charge in [-0.3, -0.25) is 0 Å². The SMILES string of the molecule is CC1CC(c2cccc(F)c2)N(C(=O)NC(C)CCCO)C1.